The largest absolute Gasteiger partial charge is 0.303 e. The van der Waals surface area contributed by atoms with E-state index in [0.717, 1.165) is 25.5 Å². The van der Waals surface area contributed by atoms with Crippen LogP contribution < -0.4 is 0 Å². The van der Waals surface area contributed by atoms with Gasteiger partial charge in [-0.25, -0.2) is 0 Å². The first kappa shape index (κ1) is 13.7. The topological polar surface area (TPSA) is 17.1 Å². The van der Waals surface area contributed by atoms with E-state index in [9.17, 15) is 4.79 Å². The standard InChI is InChI=1S/C13H26O/c1-7-13(6,8-2)9-11(10-14)12(3,4)5/h10-11H,7-9H2,1-6H3. The molecule has 0 aliphatic carbocycles. The minimum Gasteiger partial charge on any atom is -0.303 e. The van der Waals surface area contributed by atoms with Gasteiger partial charge in [-0.2, -0.15) is 0 Å². The van der Waals surface area contributed by atoms with Crippen LogP contribution in [0, 0.1) is 16.7 Å². The van der Waals surface area contributed by atoms with E-state index in [-0.39, 0.29) is 11.3 Å². The van der Waals surface area contributed by atoms with E-state index < -0.39 is 0 Å². The van der Waals surface area contributed by atoms with E-state index in [2.05, 4.69) is 41.5 Å². The van der Waals surface area contributed by atoms with Crippen molar-refractivity contribution in [2.24, 2.45) is 16.7 Å². The third-order valence-electron chi connectivity index (χ3n) is 3.70. The summed E-state index contributed by atoms with van der Waals surface area (Å²) in [6.45, 7) is 13.2. The molecule has 0 saturated heterocycles. The number of hydrogen-bond acceptors (Lipinski definition) is 1. The molecule has 0 N–H and O–H groups in total. The SMILES string of the molecule is CCC(C)(CC)CC(C=O)C(C)(C)C. The molecule has 0 aromatic rings. The summed E-state index contributed by atoms with van der Waals surface area (Å²) in [7, 11) is 0. The highest BCUT2D eigenvalue weighted by Gasteiger charge is 2.31. The first-order valence-electron chi connectivity index (χ1n) is 5.74. The molecule has 0 saturated carbocycles. The van der Waals surface area contributed by atoms with Crippen molar-refractivity contribution in [1.82, 2.24) is 0 Å². The number of carbonyl (C=O) groups is 1. The van der Waals surface area contributed by atoms with Gasteiger partial charge < -0.3 is 4.79 Å². The second-order valence-electron chi connectivity index (χ2n) is 5.83. The third kappa shape index (κ3) is 3.81. The lowest BCUT2D eigenvalue weighted by Crippen LogP contribution is -2.28. The molecule has 0 fully saturated rings. The van der Waals surface area contributed by atoms with Crippen LogP contribution in [-0.4, -0.2) is 6.29 Å². The van der Waals surface area contributed by atoms with Gasteiger partial charge in [0.2, 0.25) is 0 Å². The molecule has 0 rings (SSSR count). The molecule has 0 spiro atoms. The predicted molar refractivity (Wildman–Crippen MR) is 62.3 cm³/mol. The van der Waals surface area contributed by atoms with Crippen molar-refractivity contribution in [1.29, 1.82) is 0 Å². The average molecular weight is 198 g/mol. The van der Waals surface area contributed by atoms with Gasteiger partial charge in [0.1, 0.15) is 6.29 Å². The van der Waals surface area contributed by atoms with Gasteiger partial charge in [-0.15, -0.1) is 0 Å². The minimum atomic E-state index is 0.105. The van der Waals surface area contributed by atoms with Crippen molar-refractivity contribution in [2.75, 3.05) is 0 Å². The van der Waals surface area contributed by atoms with Gasteiger partial charge in [0.15, 0.2) is 0 Å². The molecule has 1 nitrogen and oxygen atoms in total. The molecule has 0 amide bonds. The number of carbonyl (C=O) groups excluding carboxylic acids is 1. The maximum Gasteiger partial charge on any atom is 0.123 e. The van der Waals surface area contributed by atoms with Gasteiger partial charge in [0.05, 0.1) is 0 Å². The first-order valence-corrected chi connectivity index (χ1v) is 5.74. The van der Waals surface area contributed by atoms with E-state index in [0.29, 0.717) is 5.41 Å². The number of rotatable bonds is 5. The summed E-state index contributed by atoms with van der Waals surface area (Å²) in [5.41, 5.74) is 0.437. The first-order chi connectivity index (χ1) is 6.29. The summed E-state index contributed by atoms with van der Waals surface area (Å²) in [5, 5.41) is 0. The molecule has 0 radical (unpaired) electrons. The zero-order chi connectivity index (χ0) is 11.4. The Kier molecular flexibility index (Phi) is 4.83. The molecule has 0 bridgehead atoms. The van der Waals surface area contributed by atoms with Crippen molar-refractivity contribution >= 4 is 6.29 Å². The van der Waals surface area contributed by atoms with Gasteiger partial charge in [0.25, 0.3) is 0 Å². The fraction of sp³-hybridized carbons (Fsp3) is 0.923. The van der Waals surface area contributed by atoms with E-state index in [1.807, 2.05) is 0 Å². The molecule has 14 heavy (non-hydrogen) atoms. The summed E-state index contributed by atoms with van der Waals surface area (Å²) in [4.78, 5) is 11.1. The Morgan fingerprint density at radius 2 is 1.50 bits per heavy atom. The van der Waals surface area contributed by atoms with E-state index in [4.69, 9.17) is 0 Å². The molecule has 0 heterocycles. The average Bonchev–Trinajstić information content (AvgIpc) is 2.12. The normalized spacial score (nSPS) is 15.3. The number of hydrogen-bond donors (Lipinski definition) is 0. The Hall–Kier alpha value is -0.330. The highest BCUT2D eigenvalue weighted by Crippen LogP contribution is 2.38. The summed E-state index contributed by atoms with van der Waals surface area (Å²) >= 11 is 0. The summed E-state index contributed by atoms with van der Waals surface area (Å²) < 4.78 is 0. The molecule has 1 heteroatoms. The van der Waals surface area contributed by atoms with Crippen LogP contribution in [0.3, 0.4) is 0 Å². The molecule has 0 aliphatic heterocycles. The van der Waals surface area contributed by atoms with Crippen LogP contribution >= 0.6 is 0 Å². The lowest BCUT2D eigenvalue weighted by molar-refractivity contribution is -0.115. The summed E-state index contributed by atoms with van der Waals surface area (Å²) in [6.07, 6.45) is 4.48. The maximum atomic E-state index is 11.1. The molecular formula is C13H26O. The van der Waals surface area contributed by atoms with E-state index in [1.165, 1.54) is 0 Å². The molecule has 0 aliphatic rings. The Labute approximate surface area is 89.3 Å². The van der Waals surface area contributed by atoms with Crippen LogP contribution in [0.25, 0.3) is 0 Å². The van der Waals surface area contributed by atoms with Crippen LogP contribution in [0.2, 0.25) is 0 Å². The lowest BCUT2D eigenvalue weighted by Gasteiger charge is -2.35. The fourth-order valence-corrected chi connectivity index (χ4v) is 1.63. The Balaban J connectivity index is 4.53. The van der Waals surface area contributed by atoms with E-state index >= 15 is 0 Å². The molecule has 0 aromatic heterocycles. The Bertz CT molecular complexity index is 172. The molecular weight excluding hydrogens is 172 g/mol. The fourth-order valence-electron chi connectivity index (χ4n) is 1.63. The maximum absolute atomic E-state index is 11.1. The summed E-state index contributed by atoms with van der Waals surface area (Å²) in [5.74, 6) is 0.187. The lowest BCUT2D eigenvalue weighted by atomic mass is 9.69. The predicted octanol–water partition coefficient (Wildman–Crippen LogP) is 4.06. The van der Waals surface area contributed by atoms with Crippen molar-refractivity contribution in [2.45, 2.75) is 60.8 Å². The highest BCUT2D eigenvalue weighted by atomic mass is 16.1. The van der Waals surface area contributed by atoms with Gasteiger partial charge in [-0.1, -0.05) is 54.4 Å². The van der Waals surface area contributed by atoms with Crippen molar-refractivity contribution in [3.8, 4) is 0 Å². The monoisotopic (exact) mass is 198 g/mol. The van der Waals surface area contributed by atoms with Gasteiger partial charge in [-0.3, -0.25) is 0 Å². The van der Waals surface area contributed by atoms with Crippen LogP contribution in [0.15, 0.2) is 0 Å². The van der Waals surface area contributed by atoms with Crippen LogP contribution in [0.5, 0.6) is 0 Å². The molecule has 1 atom stereocenters. The van der Waals surface area contributed by atoms with Crippen LogP contribution in [0.1, 0.15) is 60.8 Å². The van der Waals surface area contributed by atoms with Gasteiger partial charge in [-0.05, 0) is 17.3 Å². The zero-order valence-electron chi connectivity index (χ0n) is 10.7. The Morgan fingerprint density at radius 1 is 1.07 bits per heavy atom. The Morgan fingerprint density at radius 3 is 1.71 bits per heavy atom. The smallest absolute Gasteiger partial charge is 0.123 e. The van der Waals surface area contributed by atoms with Crippen molar-refractivity contribution in [3.05, 3.63) is 0 Å². The third-order valence-corrected chi connectivity index (χ3v) is 3.70. The highest BCUT2D eigenvalue weighted by molar-refractivity contribution is 5.54. The second kappa shape index (κ2) is 4.95. The van der Waals surface area contributed by atoms with Gasteiger partial charge >= 0.3 is 0 Å². The van der Waals surface area contributed by atoms with E-state index in [1.54, 1.807) is 0 Å². The molecule has 84 valence electrons. The quantitative estimate of drug-likeness (QED) is 0.609. The van der Waals surface area contributed by atoms with Crippen molar-refractivity contribution in [3.63, 3.8) is 0 Å². The zero-order valence-corrected chi connectivity index (χ0v) is 10.7. The second-order valence-corrected chi connectivity index (χ2v) is 5.83. The minimum absolute atomic E-state index is 0.105. The number of aldehydes is 1. The molecule has 0 aromatic carbocycles. The van der Waals surface area contributed by atoms with Crippen molar-refractivity contribution < 1.29 is 4.79 Å². The van der Waals surface area contributed by atoms with Crippen LogP contribution in [-0.2, 0) is 4.79 Å². The van der Waals surface area contributed by atoms with Gasteiger partial charge in [0, 0.05) is 5.92 Å². The molecule has 1 unspecified atom stereocenters. The summed E-state index contributed by atoms with van der Waals surface area (Å²) in [6, 6.07) is 0. The van der Waals surface area contributed by atoms with Crippen LogP contribution in [0.4, 0.5) is 0 Å².